The summed E-state index contributed by atoms with van der Waals surface area (Å²) in [5, 5.41) is 0.826. The third-order valence-electron chi connectivity index (χ3n) is 3.77. The monoisotopic (exact) mass is 398 g/mol. The number of fused-ring (bicyclic) bond motifs is 1. The second-order valence-corrected chi connectivity index (χ2v) is 6.71. The van der Waals surface area contributed by atoms with Gasteiger partial charge in [0.05, 0.1) is 29.5 Å². The first kappa shape index (κ1) is 19.4. The minimum Gasteiger partial charge on any atom is -0.497 e. The van der Waals surface area contributed by atoms with Crippen molar-refractivity contribution in [3.8, 4) is 11.4 Å². The minimum absolute atomic E-state index is 0.0327. The molecule has 28 heavy (non-hydrogen) atoms. The molecule has 1 heterocycles. The lowest BCUT2D eigenvalue weighted by Gasteiger charge is -2.14. The number of nitrogens with zero attached hydrogens (tertiary/aromatic N) is 2. The number of nitrogens with one attached hydrogen (secondary N) is 2. The summed E-state index contributed by atoms with van der Waals surface area (Å²) >= 11 is 1.09. The quantitative estimate of drug-likeness (QED) is 0.385. The molecule has 0 atom stereocenters. The summed E-state index contributed by atoms with van der Waals surface area (Å²) in [6.07, 6.45) is 0. The Morgan fingerprint density at radius 1 is 1.14 bits per heavy atom. The predicted octanol–water partition coefficient (Wildman–Crippen LogP) is 1.65. The third-order valence-corrected chi connectivity index (χ3v) is 4.71. The van der Waals surface area contributed by atoms with E-state index in [9.17, 15) is 14.4 Å². The van der Waals surface area contributed by atoms with Crippen molar-refractivity contribution >= 4 is 34.5 Å². The van der Waals surface area contributed by atoms with Crippen molar-refractivity contribution in [1.29, 1.82) is 0 Å². The maximum Gasteiger partial charge on any atom is 0.266 e. The predicted molar refractivity (Wildman–Crippen MR) is 107 cm³/mol. The lowest BCUT2D eigenvalue weighted by Crippen LogP contribution is -2.41. The molecule has 0 spiro atoms. The Kier molecular flexibility index (Phi) is 5.95. The van der Waals surface area contributed by atoms with Gasteiger partial charge in [-0.2, -0.15) is 0 Å². The molecule has 1 aromatic heterocycles. The molecule has 0 aliphatic rings. The summed E-state index contributed by atoms with van der Waals surface area (Å²) < 4.78 is 6.69. The molecule has 0 radical (unpaired) electrons. The zero-order valence-electron chi connectivity index (χ0n) is 15.3. The van der Waals surface area contributed by atoms with Gasteiger partial charge in [-0.15, -0.1) is 0 Å². The van der Waals surface area contributed by atoms with Gasteiger partial charge in [-0.05, 0) is 24.3 Å². The van der Waals surface area contributed by atoms with Gasteiger partial charge in [0, 0.05) is 13.0 Å². The van der Waals surface area contributed by atoms with E-state index in [1.54, 1.807) is 55.6 Å². The number of rotatable bonds is 5. The van der Waals surface area contributed by atoms with Crippen LogP contribution >= 0.6 is 11.8 Å². The summed E-state index contributed by atoms with van der Waals surface area (Å²) in [6, 6.07) is 14.1. The van der Waals surface area contributed by atoms with Crippen molar-refractivity contribution in [2.75, 3.05) is 12.9 Å². The molecule has 2 aromatic carbocycles. The average Bonchev–Trinajstić information content (AvgIpc) is 2.70. The van der Waals surface area contributed by atoms with Gasteiger partial charge < -0.3 is 4.74 Å². The summed E-state index contributed by atoms with van der Waals surface area (Å²) in [6.45, 7) is 1.29. The molecule has 2 amide bonds. The summed E-state index contributed by atoms with van der Waals surface area (Å²) in [5.41, 5.74) is 5.38. The summed E-state index contributed by atoms with van der Waals surface area (Å²) in [4.78, 5) is 40.5. The molecule has 0 saturated carbocycles. The highest BCUT2D eigenvalue weighted by Gasteiger charge is 2.15. The molecule has 144 valence electrons. The zero-order chi connectivity index (χ0) is 20.1. The van der Waals surface area contributed by atoms with Crippen LogP contribution < -0.4 is 21.1 Å². The van der Waals surface area contributed by atoms with E-state index in [2.05, 4.69) is 15.8 Å². The highest BCUT2D eigenvalue weighted by atomic mass is 32.2. The second kappa shape index (κ2) is 8.57. The number of para-hydroxylation sites is 1. The van der Waals surface area contributed by atoms with Crippen molar-refractivity contribution in [2.24, 2.45) is 0 Å². The number of hydrazine groups is 1. The fourth-order valence-corrected chi connectivity index (χ4v) is 3.32. The van der Waals surface area contributed by atoms with Gasteiger partial charge in [0.2, 0.25) is 11.8 Å². The topological polar surface area (TPSA) is 102 Å². The first-order valence-electron chi connectivity index (χ1n) is 8.34. The van der Waals surface area contributed by atoms with Crippen molar-refractivity contribution in [2.45, 2.75) is 12.1 Å². The van der Waals surface area contributed by atoms with Crippen LogP contribution in [0.4, 0.5) is 0 Å². The van der Waals surface area contributed by atoms with Crippen molar-refractivity contribution < 1.29 is 14.3 Å². The fourth-order valence-electron chi connectivity index (χ4n) is 2.51. The van der Waals surface area contributed by atoms with Crippen LogP contribution in [0.3, 0.4) is 0 Å². The molecule has 0 unspecified atom stereocenters. The SMILES string of the molecule is COc1cccc(-n2c(SCC(=O)NNC(C)=O)nc3ccccc3c2=O)c1. The van der Waals surface area contributed by atoms with E-state index in [4.69, 9.17) is 4.74 Å². The lowest BCUT2D eigenvalue weighted by atomic mass is 10.2. The normalized spacial score (nSPS) is 10.5. The van der Waals surface area contributed by atoms with Gasteiger partial charge in [0.1, 0.15) is 5.75 Å². The Morgan fingerprint density at radius 2 is 1.93 bits per heavy atom. The van der Waals surface area contributed by atoms with Crippen molar-refractivity contribution in [1.82, 2.24) is 20.4 Å². The van der Waals surface area contributed by atoms with Gasteiger partial charge in [0.25, 0.3) is 5.56 Å². The van der Waals surface area contributed by atoms with Crippen molar-refractivity contribution in [3.05, 3.63) is 58.9 Å². The van der Waals surface area contributed by atoms with Crippen molar-refractivity contribution in [3.63, 3.8) is 0 Å². The number of methoxy groups -OCH3 is 1. The van der Waals surface area contributed by atoms with Crippen LogP contribution in [0.2, 0.25) is 0 Å². The van der Waals surface area contributed by atoms with E-state index >= 15 is 0 Å². The molecule has 2 N–H and O–H groups in total. The number of carbonyl (C=O) groups excluding carboxylic acids is 2. The first-order valence-corrected chi connectivity index (χ1v) is 9.32. The van der Waals surface area contributed by atoms with Gasteiger partial charge in [-0.3, -0.25) is 29.8 Å². The Labute approximate surface area is 164 Å². The van der Waals surface area contributed by atoms with E-state index in [1.807, 2.05) is 0 Å². The van der Waals surface area contributed by atoms with Crippen LogP contribution in [0.5, 0.6) is 5.75 Å². The molecule has 0 aliphatic carbocycles. The molecule has 8 nitrogen and oxygen atoms in total. The molecule has 0 bridgehead atoms. The Balaban J connectivity index is 2.03. The van der Waals surface area contributed by atoms with Gasteiger partial charge in [0.15, 0.2) is 5.16 Å². The van der Waals surface area contributed by atoms with E-state index in [1.165, 1.54) is 11.5 Å². The van der Waals surface area contributed by atoms with Crippen LogP contribution in [-0.2, 0) is 9.59 Å². The molecule has 9 heteroatoms. The molecule has 3 aromatic rings. The van der Waals surface area contributed by atoms with Gasteiger partial charge >= 0.3 is 0 Å². The molecule has 0 fully saturated rings. The lowest BCUT2D eigenvalue weighted by molar-refractivity contribution is -0.126. The number of aromatic nitrogens is 2. The summed E-state index contributed by atoms with van der Waals surface area (Å²) in [5.74, 6) is -0.234. The van der Waals surface area contributed by atoms with Crippen LogP contribution in [-0.4, -0.2) is 34.2 Å². The molecule has 0 aliphatic heterocycles. The first-order chi connectivity index (χ1) is 13.5. The number of thioether (sulfide) groups is 1. The standard InChI is InChI=1S/C19H18N4O4S/c1-12(24)21-22-17(25)11-28-19-20-16-9-4-3-8-15(16)18(26)23(19)13-6-5-7-14(10-13)27-2/h3-10H,11H2,1-2H3,(H,21,24)(H,22,25). The molecule has 0 saturated heterocycles. The Bertz CT molecular complexity index is 1100. The smallest absolute Gasteiger partial charge is 0.266 e. The number of amides is 2. The minimum atomic E-state index is -0.417. The number of hydrogen-bond donors (Lipinski definition) is 2. The highest BCUT2D eigenvalue weighted by molar-refractivity contribution is 7.99. The third kappa shape index (κ3) is 4.32. The van der Waals surface area contributed by atoms with E-state index in [-0.39, 0.29) is 17.2 Å². The van der Waals surface area contributed by atoms with Crippen LogP contribution in [0, 0.1) is 0 Å². The number of hydrogen-bond acceptors (Lipinski definition) is 6. The maximum atomic E-state index is 13.1. The average molecular weight is 398 g/mol. The number of ether oxygens (including phenoxy) is 1. The van der Waals surface area contributed by atoms with Crippen LogP contribution in [0.15, 0.2) is 58.5 Å². The van der Waals surface area contributed by atoms with Crippen LogP contribution in [0.25, 0.3) is 16.6 Å². The molecular weight excluding hydrogens is 380 g/mol. The maximum absolute atomic E-state index is 13.1. The number of benzene rings is 2. The Hall–Kier alpha value is -3.33. The van der Waals surface area contributed by atoms with Gasteiger partial charge in [-0.25, -0.2) is 4.98 Å². The largest absolute Gasteiger partial charge is 0.497 e. The fraction of sp³-hybridized carbons (Fsp3) is 0.158. The zero-order valence-corrected chi connectivity index (χ0v) is 16.1. The van der Waals surface area contributed by atoms with E-state index in [0.29, 0.717) is 27.5 Å². The number of carbonyl (C=O) groups is 2. The summed E-state index contributed by atoms with van der Waals surface area (Å²) in [7, 11) is 1.54. The van der Waals surface area contributed by atoms with E-state index in [0.717, 1.165) is 11.8 Å². The molecular formula is C19H18N4O4S. The van der Waals surface area contributed by atoms with Gasteiger partial charge in [-0.1, -0.05) is 30.0 Å². The molecule has 3 rings (SSSR count). The van der Waals surface area contributed by atoms with Crippen LogP contribution in [0.1, 0.15) is 6.92 Å². The van der Waals surface area contributed by atoms with E-state index < -0.39 is 5.91 Å². The Morgan fingerprint density at radius 3 is 2.68 bits per heavy atom. The second-order valence-electron chi connectivity index (χ2n) is 5.77. The highest BCUT2D eigenvalue weighted by Crippen LogP contribution is 2.23.